The molecule has 1 rings (SSSR count). The number of thioether (sulfide) groups is 1. The maximum absolute atomic E-state index is 11.8. The number of halogens is 1. The number of nitrogens with one attached hydrogen (secondary N) is 1. The molecule has 1 aromatic rings. The summed E-state index contributed by atoms with van der Waals surface area (Å²) in [4.78, 5) is 4.03. The highest BCUT2D eigenvalue weighted by Crippen LogP contribution is 2.13. The predicted octanol–water partition coefficient (Wildman–Crippen LogP) is 2.27. The molecule has 0 radical (unpaired) electrons. The first-order chi connectivity index (χ1) is 8.06. The van der Waals surface area contributed by atoms with E-state index in [2.05, 4.69) is 25.6 Å². The molecule has 0 aliphatic heterocycles. The van der Waals surface area contributed by atoms with Crippen molar-refractivity contribution in [3.05, 3.63) is 22.9 Å². The molecule has 0 fully saturated rings. The van der Waals surface area contributed by atoms with Crippen LogP contribution < -0.4 is 4.72 Å². The molecule has 0 aliphatic carbocycles. The van der Waals surface area contributed by atoms with E-state index in [9.17, 15) is 8.42 Å². The molecule has 0 aliphatic rings. The number of nitrogens with zero attached hydrogens (tertiary/aromatic N) is 1. The molecular weight excluding hydrogens is 324 g/mol. The lowest BCUT2D eigenvalue weighted by Gasteiger charge is -2.06. The fraction of sp³-hybridized carbons (Fsp3) is 0.500. The van der Waals surface area contributed by atoms with Crippen LogP contribution >= 0.6 is 27.7 Å². The Morgan fingerprint density at radius 1 is 1.41 bits per heavy atom. The average molecular weight is 339 g/mol. The summed E-state index contributed by atoms with van der Waals surface area (Å²) in [6.45, 7) is 0.468. The molecule has 0 spiro atoms. The van der Waals surface area contributed by atoms with Crippen molar-refractivity contribution in [2.75, 3.05) is 18.6 Å². The molecule has 0 saturated carbocycles. The maximum atomic E-state index is 11.8. The van der Waals surface area contributed by atoms with Crippen LogP contribution in [0.1, 0.15) is 12.8 Å². The van der Waals surface area contributed by atoms with Crippen molar-refractivity contribution in [2.45, 2.75) is 17.7 Å². The van der Waals surface area contributed by atoms with Crippen molar-refractivity contribution in [3.8, 4) is 0 Å². The van der Waals surface area contributed by atoms with Crippen LogP contribution in [0.15, 0.2) is 27.8 Å². The minimum atomic E-state index is -3.42. The number of rotatable bonds is 7. The predicted molar refractivity (Wildman–Crippen MR) is 74.7 cm³/mol. The van der Waals surface area contributed by atoms with E-state index in [1.165, 1.54) is 12.3 Å². The number of aromatic nitrogens is 1. The van der Waals surface area contributed by atoms with Gasteiger partial charge in [-0.15, -0.1) is 0 Å². The molecule has 0 aromatic carbocycles. The summed E-state index contributed by atoms with van der Waals surface area (Å²) in [5.74, 6) is 1.06. The van der Waals surface area contributed by atoms with Crippen molar-refractivity contribution in [3.63, 3.8) is 0 Å². The molecule has 1 N–H and O–H groups in total. The number of sulfonamides is 1. The molecule has 17 heavy (non-hydrogen) atoms. The van der Waals surface area contributed by atoms with Gasteiger partial charge in [-0.25, -0.2) is 13.1 Å². The Morgan fingerprint density at radius 3 is 2.82 bits per heavy atom. The molecule has 0 bridgehead atoms. The van der Waals surface area contributed by atoms with Gasteiger partial charge in [0, 0.05) is 23.4 Å². The second-order valence-electron chi connectivity index (χ2n) is 3.44. The van der Waals surface area contributed by atoms with Gasteiger partial charge in [-0.05, 0) is 46.8 Å². The highest BCUT2D eigenvalue weighted by Gasteiger charge is 2.13. The molecule has 0 atom stereocenters. The van der Waals surface area contributed by atoms with Crippen molar-refractivity contribution in [1.29, 1.82) is 0 Å². The SMILES string of the molecule is CSCCCCNS(=O)(=O)c1cncc(Br)c1. The number of hydrogen-bond donors (Lipinski definition) is 1. The van der Waals surface area contributed by atoms with Crippen molar-refractivity contribution in [2.24, 2.45) is 0 Å². The zero-order valence-electron chi connectivity index (χ0n) is 9.52. The third kappa shape index (κ3) is 5.37. The van der Waals surface area contributed by atoms with Crippen LogP contribution in [0.25, 0.3) is 0 Å². The minimum Gasteiger partial charge on any atom is -0.262 e. The van der Waals surface area contributed by atoms with E-state index < -0.39 is 10.0 Å². The van der Waals surface area contributed by atoms with Crippen LogP contribution in [-0.4, -0.2) is 32.0 Å². The molecule has 4 nitrogen and oxygen atoms in total. The quantitative estimate of drug-likeness (QED) is 0.774. The lowest BCUT2D eigenvalue weighted by atomic mass is 10.3. The fourth-order valence-corrected chi connectivity index (χ4v) is 3.27. The first kappa shape index (κ1) is 14.9. The lowest BCUT2D eigenvalue weighted by Crippen LogP contribution is -2.25. The van der Waals surface area contributed by atoms with E-state index in [1.54, 1.807) is 18.0 Å². The van der Waals surface area contributed by atoms with E-state index in [1.807, 2.05) is 6.26 Å². The zero-order valence-corrected chi connectivity index (χ0v) is 12.7. The third-order valence-electron chi connectivity index (χ3n) is 2.06. The summed E-state index contributed by atoms with van der Waals surface area (Å²) in [5.41, 5.74) is 0. The molecule has 96 valence electrons. The monoisotopic (exact) mass is 338 g/mol. The van der Waals surface area contributed by atoms with Gasteiger partial charge in [-0.3, -0.25) is 4.98 Å². The van der Waals surface area contributed by atoms with Crippen molar-refractivity contribution >= 4 is 37.7 Å². The van der Waals surface area contributed by atoms with Crippen molar-refractivity contribution < 1.29 is 8.42 Å². The summed E-state index contributed by atoms with van der Waals surface area (Å²) >= 11 is 4.96. The zero-order chi connectivity index (χ0) is 12.7. The summed E-state index contributed by atoms with van der Waals surface area (Å²) in [5, 5.41) is 0. The van der Waals surface area contributed by atoms with E-state index in [-0.39, 0.29) is 4.90 Å². The average Bonchev–Trinajstić information content (AvgIpc) is 2.29. The summed E-state index contributed by atoms with van der Waals surface area (Å²) in [6, 6.07) is 1.54. The lowest BCUT2D eigenvalue weighted by molar-refractivity contribution is 0.578. The van der Waals surface area contributed by atoms with E-state index in [0.717, 1.165) is 18.6 Å². The van der Waals surface area contributed by atoms with E-state index in [4.69, 9.17) is 0 Å². The summed E-state index contributed by atoms with van der Waals surface area (Å²) < 4.78 is 26.9. The van der Waals surface area contributed by atoms with Crippen molar-refractivity contribution in [1.82, 2.24) is 9.71 Å². The van der Waals surface area contributed by atoms with E-state index >= 15 is 0 Å². The second kappa shape index (κ2) is 7.35. The number of hydrogen-bond acceptors (Lipinski definition) is 4. The molecular formula is C10H15BrN2O2S2. The Morgan fingerprint density at radius 2 is 2.18 bits per heavy atom. The fourth-order valence-electron chi connectivity index (χ4n) is 1.20. The summed E-state index contributed by atoms with van der Waals surface area (Å²) in [7, 11) is -3.42. The van der Waals surface area contributed by atoms with Gasteiger partial charge in [-0.1, -0.05) is 0 Å². The van der Waals surface area contributed by atoms with Crippen LogP contribution in [-0.2, 0) is 10.0 Å². The minimum absolute atomic E-state index is 0.191. The molecule has 0 amide bonds. The largest absolute Gasteiger partial charge is 0.262 e. The Bertz CT molecular complexity index is 451. The maximum Gasteiger partial charge on any atom is 0.242 e. The smallest absolute Gasteiger partial charge is 0.242 e. The van der Waals surface area contributed by atoms with Gasteiger partial charge >= 0.3 is 0 Å². The first-order valence-corrected chi connectivity index (χ1v) is 8.82. The van der Waals surface area contributed by atoms with Crippen LogP contribution in [0.5, 0.6) is 0 Å². The van der Waals surface area contributed by atoms with Gasteiger partial charge in [0.1, 0.15) is 4.90 Å². The Kier molecular flexibility index (Phi) is 6.47. The Labute approximate surface area is 115 Å². The molecule has 0 unspecified atom stereocenters. The highest BCUT2D eigenvalue weighted by molar-refractivity contribution is 9.10. The standard InChI is InChI=1S/C10H15BrN2O2S2/c1-16-5-3-2-4-13-17(14,15)10-6-9(11)7-12-8-10/h6-8,13H,2-5H2,1H3. The van der Waals surface area contributed by atoms with Crippen LogP contribution in [0.3, 0.4) is 0 Å². The van der Waals surface area contributed by atoms with Gasteiger partial charge in [0.15, 0.2) is 0 Å². The van der Waals surface area contributed by atoms with Crippen LogP contribution in [0, 0.1) is 0 Å². The van der Waals surface area contributed by atoms with Crippen LogP contribution in [0.2, 0.25) is 0 Å². The van der Waals surface area contributed by atoms with Gasteiger partial charge in [0.25, 0.3) is 0 Å². The van der Waals surface area contributed by atoms with Crippen LogP contribution in [0.4, 0.5) is 0 Å². The van der Waals surface area contributed by atoms with Gasteiger partial charge < -0.3 is 0 Å². The number of pyridine rings is 1. The highest BCUT2D eigenvalue weighted by atomic mass is 79.9. The van der Waals surface area contributed by atoms with E-state index in [0.29, 0.717) is 11.0 Å². The Hall–Kier alpha value is -0.110. The van der Waals surface area contributed by atoms with Gasteiger partial charge in [0.2, 0.25) is 10.0 Å². The third-order valence-corrected chi connectivity index (χ3v) is 4.62. The molecule has 7 heteroatoms. The number of unbranched alkanes of at least 4 members (excludes halogenated alkanes) is 1. The normalized spacial score (nSPS) is 11.6. The molecule has 1 heterocycles. The Balaban J connectivity index is 2.51. The van der Waals surface area contributed by atoms with Gasteiger partial charge in [0.05, 0.1) is 0 Å². The molecule has 0 saturated heterocycles. The van der Waals surface area contributed by atoms with Gasteiger partial charge in [-0.2, -0.15) is 11.8 Å². The summed E-state index contributed by atoms with van der Waals surface area (Å²) in [6.07, 6.45) is 6.80. The first-order valence-electron chi connectivity index (χ1n) is 5.15. The second-order valence-corrected chi connectivity index (χ2v) is 7.10. The topological polar surface area (TPSA) is 59.1 Å². The molecule has 1 aromatic heterocycles.